The van der Waals surface area contributed by atoms with E-state index in [1.807, 2.05) is 26.1 Å². The molecule has 1 aromatic rings. The van der Waals surface area contributed by atoms with Crippen LogP contribution in [0.1, 0.15) is 24.4 Å². The first-order chi connectivity index (χ1) is 8.63. The molecule has 1 saturated heterocycles. The highest BCUT2D eigenvalue weighted by molar-refractivity contribution is 5.60. The van der Waals surface area contributed by atoms with E-state index in [4.69, 9.17) is 9.15 Å². The zero-order valence-electron chi connectivity index (χ0n) is 11.1. The van der Waals surface area contributed by atoms with Crippen LogP contribution in [0.3, 0.4) is 0 Å². The number of aryl methyl sites for hydroxylation is 1. The summed E-state index contributed by atoms with van der Waals surface area (Å²) in [5.41, 5.74) is -0.241. The second-order valence-corrected chi connectivity index (χ2v) is 5.28. The third-order valence-electron chi connectivity index (χ3n) is 3.55. The number of nitrogens with zero attached hydrogens (tertiary/aromatic N) is 1. The molecule has 2 rings (SSSR count). The topological polar surface area (TPSA) is 42.7 Å². The van der Waals surface area contributed by atoms with Crippen molar-refractivity contribution in [1.29, 1.82) is 0 Å². The van der Waals surface area contributed by atoms with Crippen molar-refractivity contribution in [3.8, 4) is 0 Å². The Balaban J connectivity index is 1.92. The molecule has 0 saturated carbocycles. The quantitative estimate of drug-likeness (QED) is 0.751. The van der Waals surface area contributed by atoms with Crippen molar-refractivity contribution in [2.45, 2.75) is 26.3 Å². The van der Waals surface area contributed by atoms with Gasteiger partial charge in [0.25, 0.3) is 0 Å². The van der Waals surface area contributed by atoms with E-state index in [-0.39, 0.29) is 5.41 Å². The normalized spacial score (nSPS) is 19.1. The van der Waals surface area contributed by atoms with Gasteiger partial charge in [-0.15, -0.1) is 0 Å². The summed E-state index contributed by atoms with van der Waals surface area (Å²) in [6.45, 7) is 4.82. The third-order valence-corrected chi connectivity index (χ3v) is 3.55. The fourth-order valence-corrected chi connectivity index (χ4v) is 2.52. The SMILES string of the molecule is Cc1ccc(CN(C)CC2(C=O)CCOCC2)o1. The summed E-state index contributed by atoms with van der Waals surface area (Å²) in [6, 6.07) is 3.95. The first-order valence-corrected chi connectivity index (χ1v) is 6.41. The van der Waals surface area contributed by atoms with Crippen molar-refractivity contribution in [1.82, 2.24) is 4.90 Å². The molecular weight excluding hydrogens is 230 g/mol. The van der Waals surface area contributed by atoms with Crippen LogP contribution in [-0.2, 0) is 16.1 Å². The van der Waals surface area contributed by atoms with E-state index >= 15 is 0 Å². The number of rotatable bonds is 5. The van der Waals surface area contributed by atoms with Gasteiger partial charge in [-0.3, -0.25) is 4.90 Å². The van der Waals surface area contributed by atoms with Crippen molar-refractivity contribution in [2.75, 3.05) is 26.8 Å². The van der Waals surface area contributed by atoms with E-state index in [9.17, 15) is 4.79 Å². The third kappa shape index (κ3) is 3.21. The molecule has 2 heterocycles. The standard InChI is InChI=1S/C14H21NO3/c1-12-3-4-13(18-12)9-15(2)10-14(11-16)5-7-17-8-6-14/h3-4,11H,5-10H2,1-2H3. The van der Waals surface area contributed by atoms with Crippen molar-refractivity contribution in [2.24, 2.45) is 5.41 Å². The van der Waals surface area contributed by atoms with Gasteiger partial charge in [0, 0.05) is 25.2 Å². The summed E-state index contributed by atoms with van der Waals surface area (Å²) < 4.78 is 10.9. The lowest BCUT2D eigenvalue weighted by atomic mass is 9.81. The van der Waals surface area contributed by atoms with E-state index in [0.717, 1.165) is 43.7 Å². The first kappa shape index (κ1) is 13.3. The minimum Gasteiger partial charge on any atom is -0.465 e. The molecule has 4 heteroatoms. The maximum absolute atomic E-state index is 11.4. The average molecular weight is 251 g/mol. The number of carbonyl (C=O) groups excluding carboxylic acids is 1. The smallest absolute Gasteiger partial charge is 0.127 e. The maximum Gasteiger partial charge on any atom is 0.127 e. The molecule has 18 heavy (non-hydrogen) atoms. The Hall–Kier alpha value is -1.13. The fraction of sp³-hybridized carbons (Fsp3) is 0.643. The van der Waals surface area contributed by atoms with Crippen LogP contribution in [0.2, 0.25) is 0 Å². The number of furan rings is 1. The van der Waals surface area contributed by atoms with Gasteiger partial charge in [-0.1, -0.05) is 0 Å². The highest BCUT2D eigenvalue weighted by atomic mass is 16.5. The number of ether oxygens (including phenoxy) is 1. The van der Waals surface area contributed by atoms with Crippen LogP contribution in [0.15, 0.2) is 16.5 Å². The Labute approximate surface area is 108 Å². The molecule has 1 aliphatic rings. The van der Waals surface area contributed by atoms with Crippen LogP contribution in [-0.4, -0.2) is 38.0 Å². The van der Waals surface area contributed by atoms with Gasteiger partial charge in [0.1, 0.15) is 17.8 Å². The molecule has 0 N–H and O–H groups in total. The molecule has 0 aromatic carbocycles. The monoisotopic (exact) mass is 251 g/mol. The highest BCUT2D eigenvalue weighted by Gasteiger charge is 2.33. The van der Waals surface area contributed by atoms with Gasteiger partial charge in [-0.05, 0) is 38.9 Å². The van der Waals surface area contributed by atoms with Crippen LogP contribution >= 0.6 is 0 Å². The second kappa shape index (κ2) is 5.67. The number of hydrogen-bond acceptors (Lipinski definition) is 4. The molecule has 1 aromatic heterocycles. The van der Waals surface area contributed by atoms with E-state index in [1.54, 1.807) is 0 Å². The molecule has 0 radical (unpaired) electrons. The van der Waals surface area contributed by atoms with Gasteiger partial charge in [-0.2, -0.15) is 0 Å². The Morgan fingerprint density at radius 2 is 2.11 bits per heavy atom. The molecule has 0 spiro atoms. The predicted octanol–water partition coefficient (Wildman–Crippen LogP) is 2.02. The van der Waals surface area contributed by atoms with Crippen LogP contribution in [0, 0.1) is 12.3 Å². The van der Waals surface area contributed by atoms with Gasteiger partial charge in [-0.25, -0.2) is 0 Å². The summed E-state index contributed by atoms with van der Waals surface area (Å²) in [7, 11) is 2.03. The maximum atomic E-state index is 11.4. The molecule has 100 valence electrons. The molecule has 4 nitrogen and oxygen atoms in total. The van der Waals surface area contributed by atoms with Crippen LogP contribution in [0.25, 0.3) is 0 Å². The Morgan fingerprint density at radius 1 is 1.39 bits per heavy atom. The second-order valence-electron chi connectivity index (χ2n) is 5.28. The lowest BCUT2D eigenvalue weighted by Gasteiger charge is -2.35. The molecule has 1 fully saturated rings. The van der Waals surface area contributed by atoms with Crippen LogP contribution in [0.4, 0.5) is 0 Å². The van der Waals surface area contributed by atoms with E-state index < -0.39 is 0 Å². The molecule has 1 aliphatic heterocycles. The number of carbonyl (C=O) groups is 1. The summed E-state index contributed by atoms with van der Waals surface area (Å²) >= 11 is 0. The van der Waals surface area contributed by atoms with Gasteiger partial charge in [0.2, 0.25) is 0 Å². The van der Waals surface area contributed by atoms with Gasteiger partial charge >= 0.3 is 0 Å². The first-order valence-electron chi connectivity index (χ1n) is 6.41. The molecule has 0 atom stereocenters. The van der Waals surface area contributed by atoms with Gasteiger partial charge < -0.3 is 13.9 Å². The summed E-state index contributed by atoms with van der Waals surface area (Å²) in [4.78, 5) is 13.5. The van der Waals surface area contributed by atoms with Crippen molar-refractivity contribution < 1.29 is 13.9 Å². The number of hydrogen-bond donors (Lipinski definition) is 0. The molecule has 0 unspecified atom stereocenters. The minimum absolute atomic E-state index is 0.241. The summed E-state index contributed by atoms with van der Waals surface area (Å²) in [5.74, 6) is 1.87. The number of aldehydes is 1. The van der Waals surface area contributed by atoms with Crippen LogP contribution in [0.5, 0.6) is 0 Å². The lowest BCUT2D eigenvalue weighted by Crippen LogP contribution is -2.41. The molecule has 0 bridgehead atoms. The Kier molecular flexibility index (Phi) is 4.19. The lowest BCUT2D eigenvalue weighted by molar-refractivity contribution is -0.122. The summed E-state index contributed by atoms with van der Waals surface area (Å²) in [6.07, 6.45) is 2.75. The zero-order valence-corrected chi connectivity index (χ0v) is 11.1. The Bertz CT molecular complexity index is 393. The van der Waals surface area contributed by atoms with Gasteiger partial charge in [0.15, 0.2) is 0 Å². The van der Waals surface area contributed by atoms with Gasteiger partial charge in [0.05, 0.1) is 6.54 Å². The fourth-order valence-electron chi connectivity index (χ4n) is 2.52. The van der Waals surface area contributed by atoms with E-state index in [2.05, 4.69) is 4.90 Å². The van der Waals surface area contributed by atoms with E-state index in [1.165, 1.54) is 0 Å². The van der Waals surface area contributed by atoms with Crippen molar-refractivity contribution in [3.05, 3.63) is 23.7 Å². The Morgan fingerprint density at radius 3 is 2.67 bits per heavy atom. The largest absolute Gasteiger partial charge is 0.465 e. The highest BCUT2D eigenvalue weighted by Crippen LogP contribution is 2.29. The predicted molar refractivity (Wildman–Crippen MR) is 68.3 cm³/mol. The zero-order chi connectivity index (χ0) is 13.0. The molecular formula is C14H21NO3. The van der Waals surface area contributed by atoms with E-state index in [0.29, 0.717) is 13.2 Å². The molecule has 0 aliphatic carbocycles. The van der Waals surface area contributed by atoms with Crippen molar-refractivity contribution in [3.63, 3.8) is 0 Å². The van der Waals surface area contributed by atoms with Crippen LogP contribution < -0.4 is 0 Å². The van der Waals surface area contributed by atoms with Crippen molar-refractivity contribution >= 4 is 6.29 Å². The average Bonchev–Trinajstić information content (AvgIpc) is 2.75. The molecule has 0 amide bonds. The minimum atomic E-state index is -0.241. The summed E-state index contributed by atoms with van der Waals surface area (Å²) in [5, 5.41) is 0.